The van der Waals surface area contributed by atoms with Crippen molar-refractivity contribution in [2.75, 3.05) is 16.4 Å². The van der Waals surface area contributed by atoms with Gasteiger partial charge in [0, 0.05) is 16.4 Å². The minimum Gasteiger partial charge on any atom is -0.315 e. The number of sulfone groups is 1. The minimum absolute atomic E-state index is 0.0727. The molecule has 1 aromatic carbocycles. The van der Waals surface area contributed by atoms with E-state index < -0.39 is 15.3 Å². The smallest absolute Gasteiger partial charge is 0.253 e. The molecule has 1 aromatic rings. The van der Waals surface area contributed by atoms with Crippen molar-refractivity contribution in [1.82, 2.24) is 0 Å². The second-order valence-electron chi connectivity index (χ2n) is 7.84. The van der Waals surface area contributed by atoms with Crippen molar-refractivity contribution in [3.05, 3.63) is 29.3 Å². The van der Waals surface area contributed by atoms with Crippen molar-refractivity contribution in [3.8, 4) is 0 Å². The molecule has 0 bridgehead atoms. The summed E-state index contributed by atoms with van der Waals surface area (Å²) in [4.78, 5) is 18.8. The molecule has 0 unspecified atom stereocenters. The third-order valence-electron chi connectivity index (χ3n) is 4.74. The third-order valence-corrected chi connectivity index (χ3v) is 7.95. The molecule has 2 aliphatic heterocycles. The van der Waals surface area contributed by atoms with E-state index in [9.17, 15) is 13.2 Å². The summed E-state index contributed by atoms with van der Waals surface area (Å²) in [5, 5.41) is 0.551. The Morgan fingerprint density at radius 3 is 2.56 bits per heavy atom. The highest BCUT2D eigenvalue weighted by molar-refractivity contribution is 8.16. The molecule has 1 amide bonds. The molecular formula is C18H24N2O3S2. The van der Waals surface area contributed by atoms with Gasteiger partial charge in [-0.2, -0.15) is 4.99 Å². The van der Waals surface area contributed by atoms with Crippen molar-refractivity contribution in [1.29, 1.82) is 0 Å². The Hall–Kier alpha value is -1.34. The van der Waals surface area contributed by atoms with Gasteiger partial charge in [0.1, 0.15) is 0 Å². The zero-order valence-corrected chi connectivity index (χ0v) is 16.9. The summed E-state index contributed by atoms with van der Waals surface area (Å²) in [6.45, 7) is 9.57. The second kappa shape index (κ2) is 6.13. The number of hydrogen-bond acceptors (Lipinski definition) is 4. The fourth-order valence-corrected chi connectivity index (χ4v) is 7.00. The summed E-state index contributed by atoms with van der Waals surface area (Å²) < 4.78 is 24.2. The molecule has 25 heavy (non-hydrogen) atoms. The Balaban J connectivity index is 2.09. The summed E-state index contributed by atoms with van der Waals surface area (Å²) in [5.41, 5.74) is 2.60. The Kier molecular flexibility index (Phi) is 4.52. The molecule has 2 saturated heterocycles. The van der Waals surface area contributed by atoms with Crippen LogP contribution in [0.15, 0.2) is 23.2 Å². The lowest BCUT2D eigenvalue weighted by Crippen LogP contribution is -2.38. The van der Waals surface area contributed by atoms with Gasteiger partial charge in [-0.15, -0.1) is 0 Å². The van der Waals surface area contributed by atoms with E-state index in [1.807, 2.05) is 57.7 Å². The number of benzene rings is 1. The molecule has 0 N–H and O–H groups in total. The van der Waals surface area contributed by atoms with Crippen LogP contribution in [0.1, 0.15) is 31.9 Å². The predicted molar refractivity (Wildman–Crippen MR) is 104 cm³/mol. The van der Waals surface area contributed by atoms with Gasteiger partial charge in [-0.25, -0.2) is 8.42 Å². The number of aliphatic imine (C=N–C) groups is 1. The van der Waals surface area contributed by atoms with Crippen LogP contribution in [-0.2, 0) is 14.6 Å². The number of aryl methyl sites for hydroxylation is 1. The summed E-state index contributed by atoms with van der Waals surface area (Å²) in [7, 11) is -3.05. The van der Waals surface area contributed by atoms with Crippen molar-refractivity contribution >= 4 is 38.4 Å². The Labute approximate surface area is 153 Å². The maximum absolute atomic E-state index is 12.5. The van der Waals surface area contributed by atoms with Gasteiger partial charge in [0.2, 0.25) is 0 Å². The van der Waals surface area contributed by atoms with Crippen LogP contribution < -0.4 is 4.90 Å². The molecule has 7 heteroatoms. The van der Waals surface area contributed by atoms with E-state index in [0.717, 1.165) is 16.8 Å². The molecule has 136 valence electrons. The first-order valence-electron chi connectivity index (χ1n) is 8.35. The van der Waals surface area contributed by atoms with E-state index in [-0.39, 0.29) is 28.7 Å². The van der Waals surface area contributed by atoms with Crippen molar-refractivity contribution in [2.45, 2.75) is 45.9 Å². The van der Waals surface area contributed by atoms with Gasteiger partial charge in [0.15, 0.2) is 15.0 Å². The van der Waals surface area contributed by atoms with Crippen LogP contribution in [0.5, 0.6) is 0 Å². The molecule has 2 aliphatic rings. The number of carbonyl (C=O) groups excluding carboxylic acids is 1. The molecule has 0 aromatic heterocycles. The van der Waals surface area contributed by atoms with Gasteiger partial charge in [-0.1, -0.05) is 44.7 Å². The number of rotatable bonds is 1. The molecule has 5 nitrogen and oxygen atoms in total. The minimum atomic E-state index is -3.05. The standard InChI is InChI=1S/C18H24N2O3S2/c1-11-7-6-8-13(12(11)2)20-14-9-25(22,23)10-15(14)24-17(20)19-16(21)18(3,4)5/h6-8,14-15H,9-10H2,1-5H3/t14-,15-/m0/s1. The lowest BCUT2D eigenvalue weighted by molar-refractivity contribution is -0.124. The first-order chi connectivity index (χ1) is 11.5. The maximum Gasteiger partial charge on any atom is 0.253 e. The van der Waals surface area contributed by atoms with Crippen LogP contribution in [0.4, 0.5) is 5.69 Å². The molecule has 0 radical (unpaired) electrons. The van der Waals surface area contributed by atoms with Gasteiger partial charge in [0.05, 0.1) is 17.5 Å². The molecule has 3 rings (SSSR count). The SMILES string of the molecule is Cc1cccc(N2C(=NC(=O)C(C)(C)C)S[C@H]3CS(=O)(=O)C[C@@H]32)c1C. The molecule has 2 fully saturated rings. The Bertz CT molecular complexity index is 854. The molecule has 2 heterocycles. The van der Waals surface area contributed by atoms with E-state index in [1.54, 1.807) is 0 Å². The summed E-state index contributed by atoms with van der Waals surface area (Å²) in [6, 6.07) is 5.81. The number of anilines is 1. The van der Waals surface area contributed by atoms with Gasteiger partial charge >= 0.3 is 0 Å². The Morgan fingerprint density at radius 2 is 1.92 bits per heavy atom. The summed E-state index contributed by atoms with van der Waals surface area (Å²) >= 11 is 1.42. The van der Waals surface area contributed by atoms with Gasteiger partial charge in [0.25, 0.3) is 5.91 Å². The number of amidine groups is 1. The molecule has 0 aliphatic carbocycles. The quantitative estimate of drug-likeness (QED) is 0.749. The lowest BCUT2D eigenvalue weighted by Gasteiger charge is -2.27. The van der Waals surface area contributed by atoms with Gasteiger partial charge in [-0.3, -0.25) is 4.79 Å². The number of thioether (sulfide) groups is 1. The number of carbonyl (C=O) groups is 1. The van der Waals surface area contributed by atoms with Crippen LogP contribution in [0, 0.1) is 19.3 Å². The number of hydrogen-bond donors (Lipinski definition) is 0. The maximum atomic E-state index is 12.5. The highest BCUT2D eigenvalue weighted by atomic mass is 32.2. The van der Waals surface area contributed by atoms with E-state index in [0.29, 0.717) is 5.17 Å². The van der Waals surface area contributed by atoms with Crippen molar-refractivity contribution < 1.29 is 13.2 Å². The summed E-state index contributed by atoms with van der Waals surface area (Å²) in [5.74, 6) is 0.0702. The van der Waals surface area contributed by atoms with Crippen LogP contribution in [0.25, 0.3) is 0 Å². The van der Waals surface area contributed by atoms with Crippen LogP contribution >= 0.6 is 11.8 Å². The van der Waals surface area contributed by atoms with Gasteiger partial charge in [-0.05, 0) is 31.0 Å². The zero-order chi connectivity index (χ0) is 18.6. The average molecular weight is 381 g/mol. The number of amides is 1. The van der Waals surface area contributed by atoms with E-state index in [1.165, 1.54) is 11.8 Å². The predicted octanol–water partition coefficient (Wildman–Crippen LogP) is 2.95. The lowest BCUT2D eigenvalue weighted by atomic mass is 9.96. The molecule has 2 atom stereocenters. The third kappa shape index (κ3) is 3.49. The zero-order valence-electron chi connectivity index (χ0n) is 15.2. The fourth-order valence-electron chi connectivity index (χ4n) is 3.10. The first-order valence-corrected chi connectivity index (χ1v) is 11.1. The normalized spacial score (nSPS) is 26.9. The Morgan fingerprint density at radius 1 is 1.24 bits per heavy atom. The van der Waals surface area contributed by atoms with Crippen LogP contribution in [0.2, 0.25) is 0 Å². The van der Waals surface area contributed by atoms with E-state index in [2.05, 4.69) is 4.99 Å². The van der Waals surface area contributed by atoms with Crippen molar-refractivity contribution in [2.24, 2.45) is 10.4 Å². The van der Waals surface area contributed by atoms with Crippen LogP contribution in [-0.4, -0.2) is 42.3 Å². The molecule has 0 spiro atoms. The largest absolute Gasteiger partial charge is 0.315 e. The first kappa shape index (κ1) is 18.5. The monoisotopic (exact) mass is 380 g/mol. The number of nitrogens with zero attached hydrogens (tertiary/aromatic N) is 2. The van der Waals surface area contributed by atoms with E-state index >= 15 is 0 Å². The topological polar surface area (TPSA) is 66.8 Å². The number of fused-ring (bicyclic) bond motifs is 1. The second-order valence-corrected chi connectivity index (χ2v) is 11.2. The van der Waals surface area contributed by atoms with Gasteiger partial charge < -0.3 is 4.90 Å². The fraction of sp³-hybridized carbons (Fsp3) is 0.556. The van der Waals surface area contributed by atoms with Crippen molar-refractivity contribution in [3.63, 3.8) is 0 Å². The molecular weight excluding hydrogens is 356 g/mol. The van der Waals surface area contributed by atoms with E-state index in [4.69, 9.17) is 0 Å². The average Bonchev–Trinajstić information content (AvgIpc) is 2.92. The highest BCUT2D eigenvalue weighted by Gasteiger charge is 2.49. The van der Waals surface area contributed by atoms with Crippen LogP contribution in [0.3, 0.4) is 0 Å². The summed E-state index contributed by atoms with van der Waals surface area (Å²) in [6.07, 6.45) is 0. The highest BCUT2D eigenvalue weighted by Crippen LogP contribution is 2.42. The molecule has 0 saturated carbocycles.